The molecule has 3 aromatic carbocycles. The molecule has 0 unspecified atom stereocenters. The van der Waals surface area contributed by atoms with Crippen molar-refractivity contribution in [3.63, 3.8) is 0 Å². The van der Waals surface area contributed by atoms with Gasteiger partial charge in [-0.15, -0.1) is 6.58 Å². The van der Waals surface area contributed by atoms with Crippen LogP contribution in [0, 0.1) is 0 Å². The zero-order valence-electron chi connectivity index (χ0n) is 28.6. The molecule has 1 saturated heterocycles. The second kappa shape index (κ2) is 18.8. The molecule has 1 aliphatic heterocycles. The van der Waals surface area contributed by atoms with Crippen molar-refractivity contribution in [2.75, 3.05) is 13.1 Å². The highest BCUT2D eigenvalue weighted by Crippen LogP contribution is 2.39. The largest absolute Gasteiger partial charge is 0.481 e. The molecule has 8 heteroatoms. The number of aliphatic hydroxyl groups excluding tert-OH is 1. The lowest BCUT2D eigenvalue weighted by atomic mass is 9.98. The van der Waals surface area contributed by atoms with Crippen LogP contribution in [0.25, 0.3) is 11.1 Å². The van der Waals surface area contributed by atoms with E-state index in [9.17, 15) is 14.7 Å². The number of amides is 1. The molecule has 3 aromatic rings. The summed E-state index contributed by atoms with van der Waals surface area (Å²) in [5.74, 6) is -0.758. The van der Waals surface area contributed by atoms with Gasteiger partial charge in [0, 0.05) is 50.5 Å². The number of rotatable bonds is 18. The molecule has 1 amide bonds. The number of carboxylic acid groups (broad SMARTS) is 1. The Hall–Kier alpha value is -3.82. The molecule has 8 nitrogen and oxygen atoms in total. The molecule has 2 fully saturated rings. The molecule has 3 atom stereocenters. The fourth-order valence-corrected chi connectivity index (χ4v) is 7.00. The lowest BCUT2D eigenvalue weighted by Gasteiger charge is -2.39. The first kappa shape index (κ1) is 36.5. The van der Waals surface area contributed by atoms with E-state index in [1.54, 1.807) is 0 Å². The standard InChI is InChI=1S/C41H52N2O6/c1-2-24-43(36-12-7-8-13-36)28-37-26-38(33-18-16-30(29-44)17-19-33)49-41(48-37)34-22-20-32(21-23-34)35-11-9-10-31(25-35)27-42-39(45)14-5-3-4-6-15-40(46)47/h2,9-11,16-23,25,36-38,41,44H,1,3-8,12-15,24,26-29H2,(H,42,45)(H,46,47)/t37-,38+,41+/m0/s1. The Morgan fingerprint density at radius 3 is 2.27 bits per heavy atom. The van der Waals surface area contributed by atoms with Crippen LogP contribution in [0.2, 0.25) is 0 Å². The van der Waals surface area contributed by atoms with Crippen molar-refractivity contribution >= 4 is 11.9 Å². The molecule has 3 N–H and O–H groups in total. The molecule has 0 aromatic heterocycles. The predicted molar refractivity (Wildman–Crippen MR) is 192 cm³/mol. The average molecular weight is 669 g/mol. The number of aliphatic hydroxyl groups is 1. The highest BCUT2D eigenvalue weighted by Gasteiger charge is 2.34. The van der Waals surface area contributed by atoms with Crippen LogP contribution in [0.15, 0.2) is 85.5 Å². The number of hydrogen-bond donors (Lipinski definition) is 3. The molecule has 49 heavy (non-hydrogen) atoms. The first-order chi connectivity index (χ1) is 23.9. The summed E-state index contributed by atoms with van der Waals surface area (Å²) in [7, 11) is 0. The number of nitrogens with one attached hydrogen (secondary N) is 1. The summed E-state index contributed by atoms with van der Waals surface area (Å²) in [6.07, 6.45) is 10.8. The first-order valence-electron chi connectivity index (χ1n) is 17.9. The van der Waals surface area contributed by atoms with Gasteiger partial charge < -0.3 is 25.0 Å². The van der Waals surface area contributed by atoms with Crippen LogP contribution in [0.4, 0.5) is 0 Å². The molecule has 0 bridgehead atoms. The number of nitrogens with zero attached hydrogens (tertiary/aromatic N) is 1. The van der Waals surface area contributed by atoms with Crippen LogP contribution in [-0.4, -0.2) is 52.2 Å². The van der Waals surface area contributed by atoms with Gasteiger partial charge >= 0.3 is 5.97 Å². The number of carbonyl (C=O) groups excluding carboxylic acids is 1. The molecule has 5 rings (SSSR count). The second-order valence-electron chi connectivity index (χ2n) is 13.4. The van der Waals surface area contributed by atoms with E-state index < -0.39 is 12.3 Å². The minimum Gasteiger partial charge on any atom is -0.481 e. The Morgan fingerprint density at radius 1 is 0.857 bits per heavy atom. The third-order valence-electron chi connectivity index (χ3n) is 9.74. The van der Waals surface area contributed by atoms with Crippen molar-refractivity contribution in [3.8, 4) is 11.1 Å². The molecular weight excluding hydrogens is 616 g/mol. The maximum Gasteiger partial charge on any atom is 0.303 e. The molecule has 0 radical (unpaired) electrons. The van der Waals surface area contributed by atoms with Gasteiger partial charge in [0.15, 0.2) is 6.29 Å². The van der Waals surface area contributed by atoms with E-state index in [0.29, 0.717) is 25.4 Å². The monoisotopic (exact) mass is 668 g/mol. The number of unbranched alkanes of at least 4 members (excludes halogenated alkanes) is 3. The van der Waals surface area contributed by atoms with Crippen molar-refractivity contribution in [3.05, 3.63) is 108 Å². The maximum absolute atomic E-state index is 12.4. The van der Waals surface area contributed by atoms with Gasteiger partial charge in [0.05, 0.1) is 18.8 Å². The van der Waals surface area contributed by atoms with Crippen molar-refractivity contribution in [1.82, 2.24) is 10.2 Å². The van der Waals surface area contributed by atoms with Gasteiger partial charge in [0.25, 0.3) is 0 Å². The fraction of sp³-hybridized carbons (Fsp3) is 0.463. The quantitative estimate of drug-likeness (QED) is 0.0936. The topological polar surface area (TPSA) is 108 Å². The van der Waals surface area contributed by atoms with Gasteiger partial charge in [0.2, 0.25) is 5.91 Å². The zero-order valence-corrected chi connectivity index (χ0v) is 28.6. The van der Waals surface area contributed by atoms with Crippen LogP contribution < -0.4 is 5.32 Å². The van der Waals surface area contributed by atoms with Crippen molar-refractivity contribution in [2.24, 2.45) is 0 Å². The van der Waals surface area contributed by atoms with Gasteiger partial charge in [0.1, 0.15) is 0 Å². The molecule has 1 heterocycles. The Kier molecular flexibility index (Phi) is 14.0. The first-order valence-corrected chi connectivity index (χ1v) is 17.9. The number of carboxylic acids is 1. The summed E-state index contributed by atoms with van der Waals surface area (Å²) in [4.78, 5) is 25.5. The number of carbonyl (C=O) groups is 2. The maximum atomic E-state index is 12.4. The molecule has 262 valence electrons. The highest BCUT2D eigenvalue weighted by molar-refractivity contribution is 5.76. The van der Waals surface area contributed by atoms with E-state index in [1.807, 2.05) is 30.3 Å². The minimum atomic E-state index is -0.770. The smallest absolute Gasteiger partial charge is 0.303 e. The lowest BCUT2D eigenvalue weighted by Crippen LogP contribution is -2.43. The number of benzene rings is 3. The predicted octanol–water partition coefficient (Wildman–Crippen LogP) is 7.86. The van der Waals surface area contributed by atoms with Crippen LogP contribution in [0.5, 0.6) is 0 Å². The Balaban J connectivity index is 1.22. The molecule has 1 saturated carbocycles. The van der Waals surface area contributed by atoms with E-state index in [2.05, 4.69) is 65.3 Å². The Labute approximate surface area is 291 Å². The fourth-order valence-electron chi connectivity index (χ4n) is 7.00. The van der Waals surface area contributed by atoms with Crippen LogP contribution in [0.3, 0.4) is 0 Å². The summed E-state index contributed by atoms with van der Waals surface area (Å²) in [6.45, 7) is 6.17. The normalized spacial score (nSPS) is 19.6. The summed E-state index contributed by atoms with van der Waals surface area (Å²) < 4.78 is 13.3. The number of ether oxygens (including phenoxy) is 2. The molecular formula is C41H52N2O6. The second-order valence-corrected chi connectivity index (χ2v) is 13.4. The molecule has 2 aliphatic rings. The van der Waals surface area contributed by atoms with Crippen LogP contribution in [-0.2, 0) is 32.2 Å². The summed E-state index contributed by atoms with van der Waals surface area (Å²) in [5, 5.41) is 21.3. The van der Waals surface area contributed by atoms with E-state index in [4.69, 9.17) is 14.6 Å². The molecule has 0 spiro atoms. The highest BCUT2D eigenvalue weighted by atomic mass is 16.7. The van der Waals surface area contributed by atoms with Crippen molar-refractivity contribution in [1.29, 1.82) is 0 Å². The van der Waals surface area contributed by atoms with E-state index in [1.165, 1.54) is 25.7 Å². The van der Waals surface area contributed by atoms with Crippen molar-refractivity contribution < 1.29 is 29.3 Å². The van der Waals surface area contributed by atoms with Gasteiger partial charge in [-0.3, -0.25) is 14.5 Å². The summed E-state index contributed by atoms with van der Waals surface area (Å²) in [6, 6.07) is 25.2. The van der Waals surface area contributed by atoms with Crippen LogP contribution >= 0.6 is 0 Å². The summed E-state index contributed by atoms with van der Waals surface area (Å²) >= 11 is 0. The van der Waals surface area contributed by atoms with Crippen molar-refractivity contribution in [2.45, 2.75) is 108 Å². The van der Waals surface area contributed by atoms with E-state index in [0.717, 1.165) is 72.2 Å². The third-order valence-corrected chi connectivity index (χ3v) is 9.74. The Bertz CT molecular complexity index is 1480. The van der Waals surface area contributed by atoms with Gasteiger partial charge in [-0.25, -0.2) is 0 Å². The van der Waals surface area contributed by atoms with Gasteiger partial charge in [-0.05, 0) is 59.6 Å². The SMILES string of the molecule is C=CCN(C[C@@H]1C[C@H](c2ccc(CO)cc2)O[C@H](c2ccc(-c3cccc(CNC(=O)CCCCCCC(=O)O)c3)cc2)O1)C1CCCC1. The Morgan fingerprint density at radius 2 is 1.57 bits per heavy atom. The molecule has 1 aliphatic carbocycles. The van der Waals surface area contributed by atoms with E-state index >= 15 is 0 Å². The average Bonchev–Trinajstić information content (AvgIpc) is 3.67. The van der Waals surface area contributed by atoms with E-state index in [-0.39, 0.29) is 31.1 Å². The number of hydrogen-bond acceptors (Lipinski definition) is 6. The lowest BCUT2D eigenvalue weighted by molar-refractivity contribution is -0.253. The van der Waals surface area contributed by atoms with Crippen LogP contribution in [0.1, 0.15) is 105 Å². The number of aliphatic carboxylic acids is 1. The minimum absolute atomic E-state index is 0.00896. The summed E-state index contributed by atoms with van der Waals surface area (Å²) in [5.41, 5.74) is 6.10. The van der Waals surface area contributed by atoms with Gasteiger partial charge in [-0.2, -0.15) is 0 Å². The third kappa shape index (κ3) is 11.1. The van der Waals surface area contributed by atoms with Gasteiger partial charge in [-0.1, -0.05) is 98.5 Å². The zero-order chi connectivity index (χ0) is 34.4.